The molecule has 29 heavy (non-hydrogen) atoms. The van der Waals surface area contributed by atoms with Crippen LogP contribution in [0.2, 0.25) is 5.02 Å². The van der Waals surface area contributed by atoms with Crippen LogP contribution < -0.4 is 5.63 Å². The molecule has 4 rings (SSSR count). The van der Waals surface area contributed by atoms with Crippen molar-refractivity contribution in [2.75, 3.05) is 0 Å². The Kier molecular flexibility index (Phi) is 5.43. The largest absolute Gasteiger partial charge is 0.423 e. The van der Waals surface area contributed by atoms with E-state index in [2.05, 4.69) is 10.2 Å². The van der Waals surface area contributed by atoms with Gasteiger partial charge in [0.2, 0.25) is 0 Å². The maximum atomic E-state index is 13.2. The van der Waals surface area contributed by atoms with Gasteiger partial charge in [0, 0.05) is 34.8 Å². The van der Waals surface area contributed by atoms with Crippen molar-refractivity contribution in [3.63, 3.8) is 0 Å². The Labute approximate surface area is 175 Å². The van der Waals surface area contributed by atoms with E-state index >= 15 is 0 Å². The maximum Gasteiger partial charge on any atom is 0.336 e. The minimum Gasteiger partial charge on any atom is -0.423 e. The summed E-state index contributed by atoms with van der Waals surface area (Å²) >= 11 is 7.81. The van der Waals surface area contributed by atoms with Crippen LogP contribution in [0.4, 0.5) is 4.39 Å². The molecule has 0 radical (unpaired) electrons. The number of nitrogens with zero attached hydrogens (tertiary/aromatic N) is 3. The van der Waals surface area contributed by atoms with Crippen molar-refractivity contribution in [2.24, 2.45) is 7.05 Å². The molecule has 0 saturated carbocycles. The molecule has 2 aromatic carbocycles. The van der Waals surface area contributed by atoms with E-state index in [0.717, 1.165) is 28.5 Å². The van der Waals surface area contributed by atoms with Gasteiger partial charge >= 0.3 is 5.63 Å². The van der Waals surface area contributed by atoms with Gasteiger partial charge in [0.05, 0.1) is 0 Å². The monoisotopic (exact) mass is 429 g/mol. The number of rotatable bonds is 5. The number of halogens is 2. The highest BCUT2D eigenvalue weighted by atomic mass is 35.5. The van der Waals surface area contributed by atoms with Crippen LogP contribution in [0.1, 0.15) is 18.1 Å². The molecule has 0 spiro atoms. The molecule has 0 unspecified atom stereocenters. The summed E-state index contributed by atoms with van der Waals surface area (Å²) in [4.78, 5) is 12.0. The zero-order chi connectivity index (χ0) is 20.5. The van der Waals surface area contributed by atoms with Crippen molar-refractivity contribution in [1.82, 2.24) is 14.8 Å². The van der Waals surface area contributed by atoms with E-state index in [4.69, 9.17) is 16.0 Å². The normalized spacial score (nSPS) is 11.3. The summed E-state index contributed by atoms with van der Waals surface area (Å²) in [6.45, 7) is 2.00. The summed E-state index contributed by atoms with van der Waals surface area (Å²) in [5, 5.41) is 10.6. The zero-order valence-corrected chi connectivity index (χ0v) is 17.4. The summed E-state index contributed by atoms with van der Waals surface area (Å²) in [5.74, 6) is 0.838. The van der Waals surface area contributed by atoms with E-state index in [-0.39, 0.29) is 5.82 Å². The molecular weight excluding hydrogens is 413 g/mol. The van der Waals surface area contributed by atoms with Crippen molar-refractivity contribution in [3.8, 4) is 11.4 Å². The van der Waals surface area contributed by atoms with Crippen LogP contribution in [0.15, 0.2) is 56.8 Å². The zero-order valence-electron chi connectivity index (χ0n) is 15.8. The lowest BCUT2D eigenvalue weighted by molar-refractivity contribution is 0.559. The highest BCUT2D eigenvalue weighted by molar-refractivity contribution is 7.98. The molecule has 4 aromatic rings. The summed E-state index contributed by atoms with van der Waals surface area (Å²) in [5.41, 5.74) is 2.65. The standard InChI is InChI=1S/C21H17ClFN3O2S/c1-3-12-8-18-16(10-17(12)22)14(9-19(27)28-18)11-29-21-25-24-20(26(21)2)13-4-6-15(23)7-5-13/h4-10H,3,11H2,1-2H3. The van der Waals surface area contributed by atoms with E-state index in [1.54, 1.807) is 12.1 Å². The van der Waals surface area contributed by atoms with Gasteiger partial charge in [-0.3, -0.25) is 0 Å². The molecular formula is C21H17ClFN3O2S. The molecule has 2 heterocycles. The third-order valence-corrected chi connectivity index (χ3v) is 6.09. The molecule has 0 aliphatic heterocycles. The Balaban J connectivity index is 1.64. The number of aromatic nitrogens is 3. The van der Waals surface area contributed by atoms with Gasteiger partial charge in [0.25, 0.3) is 0 Å². The molecule has 0 aliphatic rings. The number of benzene rings is 2. The molecule has 8 heteroatoms. The van der Waals surface area contributed by atoms with Crippen molar-refractivity contribution in [3.05, 3.63) is 74.9 Å². The first kappa shape index (κ1) is 19.7. The fourth-order valence-corrected chi connectivity index (χ4v) is 4.31. The summed E-state index contributed by atoms with van der Waals surface area (Å²) in [6.07, 6.45) is 0.753. The number of thioether (sulfide) groups is 1. The SMILES string of the molecule is CCc1cc2oc(=O)cc(CSc3nnc(-c4ccc(F)cc4)n3C)c2cc1Cl. The van der Waals surface area contributed by atoms with Crippen LogP contribution in [0, 0.1) is 5.82 Å². The van der Waals surface area contributed by atoms with Crippen LogP contribution in [0.5, 0.6) is 0 Å². The minimum atomic E-state index is -0.401. The van der Waals surface area contributed by atoms with Gasteiger partial charge < -0.3 is 8.98 Å². The Hall–Kier alpha value is -2.64. The van der Waals surface area contributed by atoms with Gasteiger partial charge in [-0.15, -0.1) is 10.2 Å². The third kappa shape index (κ3) is 3.93. The van der Waals surface area contributed by atoms with Crippen molar-refractivity contribution >= 4 is 34.3 Å². The number of aryl methyl sites for hydroxylation is 1. The van der Waals surface area contributed by atoms with E-state index < -0.39 is 5.63 Å². The van der Waals surface area contributed by atoms with E-state index in [0.29, 0.717) is 27.3 Å². The minimum absolute atomic E-state index is 0.301. The highest BCUT2D eigenvalue weighted by Gasteiger charge is 2.14. The first-order valence-corrected chi connectivity index (χ1v) is 10.4. The molecule has 0 fully saturated rings. The Morgan fingerprint density at radius 2 is 1.90 bits per heavy atom. The molecule has 2 aromatic heterocycles. The third-order valence-electron chi connectivity index (χ3n) is 4.67. The lowest BCUT2D eigenvalue weighted by atomic mass is 10.1. The second-order valence-corrected chi connectivity index (χ2v) is 7.89. The van der Waals surface area contributed by atoms with Gasteiger partial charge in [-0.05, 0) is 53.9 Å². The van der Waals surface area contributed by atoms with E-state index in [1.165, 1.54) is 30.0 Å². The lowest BCUT2D eigenvalue weighted by Crippen LogP contribution is -2.01. The predicted molar refractivity (Wildman–Crippen MR) is 113 cm³/mol. The fourth-order valence-electron chi connectivity index (χ4n) is 3.11. The van der Waals surface area contributed by atoms with Crippen molar-refractivity contribution in [1.29, 1.82) is 0 Å². The maximum absolute atomic E-state index is 13.2. The fraction of sp³-hybridized carbons (Fsp3) is 0.190. The molecule has 0 aliphatic carbocycles. The molecule has 0 N–H and O–H groups in total. The predicted octanol–water partition coefficient (Wildman–Crippen LogP) is 5.24. The summed E-state index contributed by atoms with van der Waals surface area (Å²) in [7, 11) is 1.85. The topological polar surface area (TPSA) is 60.9 Å². The Morgan fingerprint density at radius 3 is 2.62 bits per heavy atom. The molecule has 0 amide bonds. The van der Waals surface area contributed by atoms with Gasteiger partial charge in [-0.1, -0.05) is 30.3 Å². The van der Waals surface area contributed by atoms with Crippen LogP contribution in [-0.4, -0.2) is 14.8 Å². The second kappa shape index (κ2) is 8.00. The molecule has 0 saturated heterocycles. The van der Waals surface area contributed by atoms with E-state index in [1.807, 2.05) is 30.7 Å². The number of hydrogen-bond acceptors (Lipinski definition) is 5. The van der Waals surface area contributed by atoms with Crippen LogP contribution in [0.25, 0.3) is 22.4 Å². The van der Waals surface area contributed by atoms with Crippen LogP contribution >= 0.6 is 23.4 Å². The average molecular weight is 430 g/mol. The quantitative estimate of drug-likeness (QED) is 0.321. The van der Waals surface area contributed by atoms with Crippen molar-refractivity contribution < 1.29 is 8.81 Å². The highest BCUT2D eigenvalue weighted by Crippen LogP contribution is 2.30. The second-order valence-electron chi connectivity index (χ2n) is 6.54. The average Bonchev–Trinajstić information content (AvgIpc) is 3.07. The molecule has 0 atom stereocenters. The molecule has 0 bridgehead atoms. The number of fused-ring (bicyclic) bond motifs is 1. The Morgan fingerprint density at radius 1 is 1.14 bits per heavy atom. The smallest absolute Gasteiger partial charge is 0.336 e. The lowest BCUT2D eigenvalue weighted by Gasteiger charge is -2.08. The van der Waals surface area contributed by atoms with Crippen LogP contribution in [-0.2, 0) is 19.2 Å². The number of hydrogen-bond donors (Lipinski definition) is 0. The molecule has 148 valence electrons. The summed E-state index contributed by atoms with van der Waals surface area (Å²) in [6, 6.07) is 11.3. The van der Waals surface area contributed by atoms with Gasteiger partial charge in [0.1, 0.15) is 11.4 Å². The van der Waals surface area contributed by atoms with Crippen molar-refractivity contribution in [2.45, 2.75) is 24.3 Å². The first-order valence-electron chi connectivity index (χ1n) is 8.99. The van der Waals surface area contributed by atoms with Gasteiger partial charge in [0.15, 0.2) is 11.0 Å². The van der Waals surface area contributed by atoms with Gasteiger partial charge in [-0.2, -0.15) is 0 Å². The summed E-state index contributed by atoms with van der Waals surface area (Å²) < 4.78 is 20.4. The molecule has 5 nitrogen and oxygen atoms in total. The van der Waals surface area contributed by atoms with E-state index in [9.17, 15) is 9.18 Å². The van der Waals surface area contributed by atoms with Crippen LogP contribution in [0.3, 0.4) is 0 Å². The first-order chi connectivity index (χ1) is 14.0. The Bertz CT molecular complexity index is 1250. The van der Waals surface area contributed by atoms with Gasteiger partial charge in [-0.25, -0.2) is 9.18 Å².